The topological polar surface area (TPSA) is 39.4 Å². The van der Waals surface area contributed by atoms with Gasteiger partial charge >= 0.3 is 0 Å². The molecule has 0 radical (unpaired) electrons. The molecular weight excluding hydrogens is 391 g/mol. The second-order valence-corrected chi connectivity index (χ2v) is 6.97. The molecule has 0 saturated carbocycles. The van der Waals surface area contributed by atoms with Crippen molar-refractivity contribution < 1.29 is 18.3 Å². The fourth-order valence-corrected chi connectivity index (χ4v) is 3.08. The van der Waals surface area contributed by atoms with Crippen LogP contribution in [0.3, 0.4) is 0 Å². The van der Waals surface area contributed by atoms with Gasteiger partial charge in [0.1, 0.15) is 23.1 Å². The van der Waals surface area contributed by atoms with Gasteiger partial charge in [0, 0.05) is 11.1 Å². The lowest BCUT2D eigenvalue weighted by molar-refractivity contribution is 0.101. The number of carbonyl (C=O) groups is 1. The third-order valence-electron chi connectivity index (χ3n) is 4.38. The van der Waals surface area contributed by atoms with Crippen molar-refractivity contribution in [2.24, 2.45) is 0 Å². The zero-order chi connectivity index (χ0) is 20.4. The highest BCUT2D eigenvalue weighted by molar-refractivity contribution is 6.31. The van der Waals surface area contributed by atoms with E-state index in [0.29, 0.717) is 22.6 Å². The first-order chi connectivity index (χ1) is 14.0. The molecule has 4 rings (SSSR count). The van der Waals surface area contributed by atoms with E-state index in [1.165, 1.54) is 12.1 Å². The van der Waals surface area contributed by atoms with Crippen LogP contribution >= 0.6 is 11.6 Å². The maximum atomic E-state index is 13.3. The quantitative estimate of drug-likeness (QED) is 0.333. The first-order valence-electron chi connectivity index (χ1n) is 8.94. The Balaban J connectivity index is 1.51. The van der Waals surface area contributed by atoms with Gasteiger partial charge in [-0.2, -0.15) is 0 Å². The van der Waals surface area contributed by atoms with E-state index in [-0.39, 0.29) is 16.6 Å². The standard InChI is InChI=1S/C24H16ClFO3/c1-15-3-2-4-19(13-15)28-18-8-5-16(6-9-18)24(27)23-12-11-22(29-23)17-7-10-21(26)20(25)14-17/h2-14H,1H3. The Hall–Kier alpha value is -3.37. The van der Waals surface area contributed by atoms with Gasteiger partial charge in [-0.3, -0.25) is 4.79 Å². The number of hydrogen-bond donors (Lipinski definition) is 0. The molecule has 4 aromatic rings. The third kappa shape index (κ3) is 4.23. The molecule has 0 N–H and O–H groups in total. The largest absolute Gasteiger partial charge is 0.457 e. The lowest BCUT2D eigenvalue weighted by atomic mass is 10.1. The Kier molecular flexibility index (Phi) is 5.19. The van der Waals surface area contributed by atoms with E-state index < -0.39 is 5.82 Å². The van der Waals surface area contributed by atoms with Gasteiger partial charge in [-0.15, -0.1) is 0 Å². The Morgan fingerprint density at radius 1 is 0.931 bits per heavy atom. The number of halogens is 2. The van der Waals surface area contributed by atoms with Crippen molar-refractivity contribution >= 4 is 17.4 Å². The maximum Gasteiger partial charge on any atom is 0.228 e. The molecule has 0 aliphatic heterocycles. The zero-order valence-corrected chi connectivity index (χ0v) is 16.2. The molecule has 0 fully saturated rings. The summed E-state index contributed by atoms with van der Waals surface area (Å²) in [6.07, 6.45) is 0. The highest BCUT2D eigenvalue weighted by atomic mass is 35.5. The number of rotatable bonds is 5. The average molecular weight is 407 g/mol. The van der Waals surface area contributed by atoms with Gasteiger partial charge in [-0.1, -0.05) is 23.7 Å². The molecule has 0 amide bonds. The fourth-order valence-electron chi connectivity index (χ4n) is 2.90. The average Bonchev–Trinajstić information content (AvgIpc) is 3.20. The molecule has 0 atom stereocenters. The molecule has 0 saturated heterocycles. The summed E-state index contributed by atoms with van der Waals surface area (Å²) < 4.78 is 24.8. The van der Waals surface area contributed by atoms with Crippen LogP contribution in [0.4, 0.5) is 4.39 Å². The smallest absolute Gasteiger partial charge is 0.228 e. The Labute approximate surface area is 172 Å². The summed E-state index contributed by atoms with van der Waals surface area (Å²) in [6, 6.07) is 22.1. The lowest BCUT2D eigenvalue weighted by Crippen LogP contribution is -1.99. The lowest BCUT2D eigenvalue weighted by Gasteiger charge is -2.07. The van der Waals surface area contributed by atoms with E-state index in [9.17, 15) is 9.18 Å². The fraction of sp³-hybridized carbons (Fsp3) is 0.0417. The first kappa shape index (κ1) is 19.0. The van der Waals surface area contributed by atoms with Gasteiger partial charge in [-0.25, -0.2) is 4.39 Å². The molecule has 0 aliphatic rings. The predicted octanol–water partition coefficient (Wildman–Crippen LogP) is 7.07. The SMILES string of the molecule is Cc1cccc(Oc2ccc(C(=O)c3ccc(-c4ccc(F)c(Cl)c4)o3)cc2)c1. The van der Waals surface area contributed by atoms with E-state index in [2.05, 4.69) is 0 Å². The predicted molar refractivity (Wildman–Crippen MR) is 110 cm³/mol. The van der Waals surface area contributed by atoms with Crippen LogP contribution in [0.25, 0.3) is 11.3 Å². The normalized spacial score (nSPS) is 10.7. The molecule has 144 valence electrons. The number of furan rings is 1. The monoisotopic (exact) mass is 406 g/mol. The van der Waals surface area contributed by atoms with E-state index in [1.807, 2.05) is 31.2 Å². The minimum Gasteiger partial charge on any atom is -0.457 e. The van der Waals surface area contributed by atoms with Crippen molar-refractivity contribution in [2.45, 2.75) is 6.92 Å². The number of benzene rings is 3. The van der Waals surface area contributed by atoms with E-state index in [4.69, 9.17) is 20.8 Å². The molecule has 29 heavy (non-hydrogen) atoms. The highest BCUT2D eigenvalue weighted by Crippen LogP contribution is 2.28. The van der Waals surface area contributed by atoms with Crippen LogP contribution in [0.2, 0.25) is 5.02 Å². The Morgan fingerprint density at radius 2 is 1.72 bits per heavy atom. The minimum absolute atomic E-state index is 0.00373. The molecule has 0 spiro atoms. The van der Waals surface area contributed by atoms with Crippen LogP contribution in [0.5, 0.6) is 11.5 Å². The Bertz CT molecular complexity index is 1180. The van der Waals surface area contributed by atoms with Gasteiger partial charge in [0.15, 0.2) is 5.76 Å². The summed E-state index contributed by atoms with van der Waals surface area (Å²) in [5, 5.41) is -0.00373. The van der Waals surface area contributed by atoms with Crippen molar-refractivity contribution in [2.75, 3.05) is 0 Å². The van der Waals surface area contributed by atoms with Crippen LogP contribution in [0.1, 0.15) is 21.7 Å². The molecule has 3 nitrogen and oxygen atoms in total. The van der Waals surface area contributed by atoms with Crippen LogP contribution in [-0.2, 0) is 0 Å². The number of hydrogen-bond acceptors (Lipinski definition) is 3. The minimum atomic E-state index is -0.508. The van der Waals surface area contributed by atoms with Crippen LogP contribution < -0.4 is 4.74 Å². The van der Waals surface area contributed by atoms with Crippen molar-refractivity contribution in [3.63, 3.8) is 0 Å². The second kappa shape index (κ2) is 7.94. The third-order valence-corrected chi connectivity index (χ3v) is 4.67. The van der Waals surface area contributed by atoms with Crippen molar-refractivity contribution in [1.29, 1.82) is 0 Å². The summed E-state index contributed by atoms with van der Waals surface area (Å²) in [5.74, 6) is 1.23. The van der Waals surface area contributed by atoms with Crippen molar-refractivity contribution in [1.82, 2.24) is 0 Å². The van der Waals surface area contributed by atoms with Crippen LogP contribution in [-0.4, -0.2) is 5.78 Å². The van der Waals surface area contributed by atoms with Crippen LogP contribution in [0.15, 0.2) is 83.3 Å². The summed E-state index contributed by atoms with van der Waals surface area (Å²) in [5.41, 5.74) is 2.17. The second-order valence-electron chi connectivity index (χ2n) is 6.56. The zero-order valence-electron chi connectivity index (χ0n) is 15.5. The van der Waals surface area contributed by atoms with Gasteiger partial charge in [0.2, 0.25) is 5.78 Å². The first-order valence-corrected chi connectivity index (χ1v) is 9.32. The number of aryl methyl sites for hydroxylation is 1. The molecule has 0 aliphatic carbocycles. The summed E-state index contributed by atoms with van der Waals surface area (Å²) in [6.45, 7) is 1.99. The molecule has 1 heterocycles. The molecule has 1 aromatic heterocycles. The number of carbonyl (C=O) groups excluding carboxylic acids is 1. The van der Waals surface area contributed by atoms with Crippen molar-refractivity contribution in [3.8, 4) is 22.8 Å². The molecular formula is C24H16ClFO3. The molecule has 0 bridgehead atoms. The number of ketones is 1. The van der Waals surface area contributed by atoms with Gasteiger partial charge in [0.05, 0.1) is 5.02 Å². The van der Waals surface area contributed by atoms with E-state index in [1.54, 1.807) is 42.5 Å². The highest BCUT2D eigenvalue weighted by Gasteiger charge is 2.15. The Morgan fingerprint density at radius 3 is 2.45 bits per heavy atom. The summed E-state index contributed by atoms with van der Waals surface area (Å²) >= 11 is 5.81. The van der Waals surface area contributed by atoms with Crippen molar-refractivity contribution in [3.05, 3.63) is 107 Å². The summed E-state index contributed by atoms with van der Waals surface area (Å²) in [7, 11) is 0. The van der Waals surface area contributed by atoms with Crippen LogP contribution in [0, 0.1) is 12.7 Å². The molecule has 0 unspecified atom stereocenters. The van der Waals surface area contributed by atoms with Gasteiger partial charge in [0.25, 0.3) is 0 Å². The molecule has 5 heteroatoms. The van der Waals surface area contributed by atoms with Gasteiger partial charge < -0.3 is 9.15 Å². The maximum absolute atomic E-state index is 13.3. The van der Waals surface area contributed by atoms with E-state index >= 15 is 0 Å². The number of ether oxygens (including phenoxy) is 1. The van der Waals surface area contributed by atoms with Gasteiger partial charge in [-0.05, 0) is 79.2 Å². The van der Waals surface area contributed by atoms with E-state index in [0.717, 1.165) is 11.3 Å². The molecule has 3 aromatic carbocycles. The summed E-state index contributed by atoms with van der Waals surface area (Å²) in [4.78, 5) is 12.7.